The third-order valence-electron chi connectivity index (χ3n) is 5.30. The maximum atomic E-state index is 13.0. The van der Waals surface area contributed by atoms with Crippen LogP contribution in [0.1, 0.15) is 25.8 Å². The summed E-state index contributed by atoms with van der Waals surface area (Å²) < 4.78 is 11.1. The van der Waals surface area contributed by atoms with E-state index in [0.29, 0.717) is 34.1 Å². The van der Waals surface area contributed by atoms with Crippen molar-refractivity contribution in [3.8, 4) is 22.8 Å². The van der Waals surface area contributed by atoms with Gasteiger partial charge < -0.3 is 14.6 Å². The van der Waals surface area contributed by atoms with Crippen molar-refractivity contribution in [2.45, 2.75) is 26.3 Å². The third kappa shape index (κ3) is 4.63. The lowest BCUT2D eigenvalue weighted by atomic mass is 9.98. The zero-order chi connectivity index (χ0) is 23.4. The number of benzene rings is 1. The van der Waals surface area contributed by atoms with E-state index in [0.717, 1.165) is 17.3 Å². The summed E-state index contributed by atoms with van der Waals surface area (Å²) in [6.07, 6.45) is 3.94. The summed E-state index contributed by atoms with van der Waals surface area (Å²) in [5.74, 6) is -0.496. The van der Waals surface area contributed by atoms with E-state index in [1.807, 2.05) is 37.3 Å². The van der Waals surface area contributed by atoms with Gasteiger partial charge >= 0.3 is 5.97 Å². The van der Waals surface area contributed by atoms with Gasteiger partial charge in [0.15, 0.2) is 11.5 Å². The van der Waals surface area contributed by atoms with E-state index >= 15 is 0 Å². The Morgan fingerprint density at radius 1 is 1.28 bits per heavy atom. The van der Waals surface area contributed by atoms with Crippen molar-refractivity contribution in [2.75, 3.05) is 14.2 Å². The molecule has 9 heteroatoms. The molecule has 0 unspecified atom stereocenters. The first-order valence-corrected chi connectivity index (χ1v) is 11.2. The molecule has 1 N–H and O–H groups in total. The predicted molar refractivity (Wildman–Crippen MR) is 129 cm³/mol. The van der Waals surface area contributed by atoms with Gasteiger partial charge in [-0.15, -0.1) is 0 Å². The maximum absolute atomic E-state index is 13.0. The van der Waals surface area contributed by atoms with Crippen LogP contribution in [0, 0.1) is 5.92 Å². The standard InChI is InChI=1S/C23H24N2O5S2/c1-5-13(2)19(22(27)28)25-21(26)18(32-23(25)31)11-14-9-10-16(24-12-14)15-7-6-8-17(29-3)20(15)30-4/h6-13,19H,5H2,1-4H3,(H,27,28)/b18-11-/t13-,19-/m0/s1. The van der Waals surface area contributed by atoms with Crippen molar-refractivity contribution >= 4 is 46.3 Å². The number of rotatable bonds is 8. The second kappa shape index (κ2) is 10.1. The maximum Gasteiger partial charge on any atom is 0.327 e. The highest BCUT2D eigenvalue weighted by Crippen LogP contribution is 2.38. The highest BCUT2D eigenvalue weighted by molar-refractivity contribution is 8.26. The molecule has 2 atom stereocenters. The van der Waals surface area contributed by atoms with Crippen molar-refractivity contribution in [2.24, 2.45) is 5.92 Å². The first-order chi connectivity index (χ1) is 15.3. The number of aliphatic carboxylic acids is 1. The molecule has 1 aliphatic heterocycles. The van der Waals surface area contributed by atoms with Gasteiger partial charge in [0, 0.05) is 11.8 Å². The third-order valence-corrected chi connectivity index (χ3v) is 6.63. The molecular weight excluding hydrogens is 448 g/mol. The van der Waals surface area contributed by atoms with Gasteiger partial charge in [-0.05, 0) is 35.8 Å². The first kappa shape index (κ1) is 23.7. The second-order valence-electron chi connectivity index (χ2n) is 7.24. The van der Waals surface area contributed by atoms with Gasteiger partial charge in [-0.25, -0.2) is 4.79 Å². The topological polar surface area (TPSA) is 89.0 Å². The number of thioether (sulfide) groups is 1. The molecule has 1 aromatic carbocycles. The van der Waals surface area contributed by atoms with Gasteiger partial charge in [-0.1, -0.05) is 56.4 Å². The number of methoxy groups -OCH3 is 2. The summed E-state index contributed by atoms with van der Waals surface area (Å²) in [6, 6.07) is 8.21. The lowest BCUT2D eigenvalue weighted by Crippen LogP contribution is -2.47. The number of carboxylic acids is 1. The summed E-state index contributed by atoms with van der Waals surface area (Å²) in [4.78, 5) is 30.9. The molecule has 7 nitrogen and oxygen atoms in total. The van der Waals surface area contributed by atoms with Gasteiger partial charge in [0.05, 0.1) is 24.8 Å². The number of thiocarbonyl (C=S) groups is 1. The lowest BCUT2D eigenvalue weighted by molar-refractivity contribution is -0.147. The van der Waals surface area contributed by atoms with Gasteiger partial charge in [0.2, 0.25) is 0 Å². The Balaban J connectivity index is 1.88. The van der Waals surface area contributed by atoms with Gasteiger partial charge in [-0.2, -0.15) is 0 Å². The SMILES string of the molecule is CC[C@H](C)[C@@H](C(=O)O)N1C(=O)/C(=C/c2ccc(-c3cccc(OC)c3OC)nc2)SC1=S. The van der Waals surface area contributed by atoms with Crippen molar-refractivity contribution in [3.63, 3.8) is 0 Å². The Morgan fingerprint density at radius 3 is 2.59 bits per heavy atom. The zero-order valence-corrected chi connectivity index (χ0v) is 19.8. The van der Waals surface area contributed by atoms with E-state index in [9.17, 15) is 14.7 Å². The minimum Gasteiger partial charge on any atom is -0.493 e. The molecule has 0 radical (unpaired) electrons. The van der Waals surface area contributed by atoms with E-state index in [1.54, 1.807) is 33.4 Å². The molecule has 1 fully saturated rings. The normalized spacial score (nSPS) is 16.9. The Morgan fingerprint density at radius 2 is 2.03 bits per heavy atom. The number of carboxylic acid groups (broad SMARTS) is 1. The van der Waals surface area contributed by atoms with Crippen LogP contribution in [0.15, 0.2) is 41.4 Å². The molecule has 32 heavy (non-hydrogen) atoms. The lowest BCUT2D eigenvalue weighted by Gasteiger charge is -2.27. The minimum atomic E-state index is -1.06. The van der Waals surface area contributed by atoms with Crippen LogP contribution in [0.2, 0.25) is 0 Å². The number of hydrogen-bond acceptors (Lipinski definition) is 7. The average molecular weight is 473 g/mol. The Kier molecular flexibility index (Phi) is 7.52. The van der Waals surface area contributed by atoms with Crippen molar-refractivity contribution < 1.29 is 24.2 Å². The number of nitrogens with zero attached hydrogens (tertiary/aromatic N) is 2. The summed E-state index contributed by atoms with van der Waals surface area (Å²) in [7, 11) is 3.14. The predicted octanol–water partition coefficient (Wildman–Crippen LogP) is 4.47. The summed E-state index contributed by atoms with van der Waals surface area (Å²) in [5, 5.41) is 9.65. The summed E-state index contributed by atoms with van der Waals surface area (Å²) >= 11 is 6.44. The number of ether oxygens (including phenoxy) is 2. The molecule has 0 spiro atoms. The second-order valence-corrected chi connectivity index (χ2v) is 8.91. The molecule has 1 amide bonds. The van der Waals surface area contributed by atoms with Crippen LogP contribution >= 0.6 is 24.0 Å². The number of amides is 1. The fourth-order valence-electron chi connectivity index (χ4n) is 3.44. The van der Waals surface area contributed by atoms with Crippen LogP contribution in [0.25, 0.3) is 17.3 Å². The number of aromatic nitrogens is 1. The molecule has 1 aromatic heterocycles. The summed E-state index contributed by atoms with van der Waals surface area (Å²) in [6.45, 7) is 3.69. The number of carbonyl (C=O) groups is 2. The zero-order valence-electron chi connectivity index (χ0n) is 18.2. The highest BCUT2D eigenvalue weighted by Gasteiger charge is 2.42. The highest BCUT2D eigenvalue weighted by atomic mass is 32.2. The van der Waals surface area contributed by atoms with Crippen LogP contribution < -0.4 is 9.47 Å². The molecule has 168 valence electrons. The monoisotopic (exact) mass is 472 g/mol. The molecule has 2 aromatic rings. The largest absolute Gasteiger partial charge is 0.493 e. The van der Waals surface area contributed by atoms with Crippen molar-refractivity contribution in [1.29, 1.82) is 0 Å². The Bertz CT molecular complexity index is 1070. The van der Waals surface area contributed by atoms with E-state index < -0.39 is 17.9 Å². The number of carbonyl (C=O) groups excluding carboxylic acids is 1. The van der Waals surface area contributed by atoms with E-state index in [-0.39, 0.29) is 10.2 Å². The molecule has 0 bridgehead atoms. The van der Waals surface area contributed by atoms with Crippen LogP contribution in [-0.2, 0) is 9.59 Å². The van der Waals surface area contributed by atoms with E-state index in [2.05, 4.69) is 4.98 Å². The smallest absolute Gasteiger partial charge is 0.327 e. The Hall–Kier alpha value is -2.91. The first-order valence-electron chi connectivity index (χ1n) is 9.99. The molecule has 2 heterocycles. The van der Waals surface area contributed by atoms with Crippen LogP contribution in [0.4, 0.5) is 0 Å². The van der Waals surface area contributed by atoms with Crippen LogP contribution in [0.3, 0.4) is 0 Å². The number of pyridine rings is 1. The average Bonchev–Trinajstić information content (AvgIpc) is 3.06. The van der Waals surface area contributed by atoms with Gasteiger partial charge in [-0.3, -0.25) is 14.7 Å². The fraction of sp³-hybridized carbons (Fsp3) is 0.304. The Labute approximate surface area is 196 Å². The molecule has 1 saturated heterocycles. The van der Waals surface area contributed by atoms with Gasteiger partial charge in [0.1, 0.15) is 10.4 Å². The molecule has 1 aliphatic rings. The number of para-hydroxylation sites is 1. The quantitative estimate of drug-likeness (QED) is 0.445. The van der Waals surface area contributed by atoms with Crippen molar-refractivity contribution in [1.82, 2.24) is 9.88 Å². The van der Waals surface area contributed by atoms with E-state index in [4.69, 9.17) is 21.7 Å². The molecule has 0 aliphatic carbocycles. The molecular formula is C23H24N2O5S2. The fourth-order valence-corrected chi connectivity index (χ4v) is 4.77. The van der Waals surface area contributed by atoms with Crippen molar-refractivity contribution in [3.05, 3.63) is 47.0 Å². The molecule has 3 rings (SSSR count). The summed E-state index contributed by atoms with van der Waals surface area (Å²) in [5.41, 5.74) is 2.17. The molecule has 0 saturated carbocycles. The minimum absolute atomic E-state index is 0.229. The van der Waals surface area contributed by atoms with Crippen LogP contribution in [-0.4, -0.2) is 51.4 Å². The number of hydrogen-bond donors (Lipinski definition) is 1. The van der Waals surface area contributed by atoms with Crippen LogP contribution in [0.5, 0.6) is 11.5 Å². The van der Waals surface area contributed by atoms with Gasteiger partial charge in [0.25, 0.3) is 5.91 Å². The van der Waals surface area contributed by atoms with E-state index in [1.165, 1.54) is 4.90 Å².